The van der Waals surface area contributed by atoms with Crippen molar-refractivity contribution in [1.29, 1.82) is 5.26 Å². The number of hydrogen-bond donors (Lipinski definition) is 1. The molecule has 1 aromatic carbocycles. The van der Waals surface area contributed by atoms with Crippen LogP contribution in [0.3, 0.4) is 0 Å². The second-order valence-corrected chi connectivity index (χ2v) is 6.63. The lowest BCUT2D eigenvalue weighted by Crippen LogP contribution is -2.13. The van der Waals surface area contributed by atoms with Gasteiger partial charge in [-0.25, -0.2) is 4.98 Å². The molecule has 0 bridgehead atoms. The first-order chi connectivity index (χ1) is 12.1. The SMILES string of the molecule is N#CC(=Cc1ccco1)C(=O)Nc1ncc(Cc2ccc(Cl)cc2)s1. The zero-order valence-corrected chi connectivity index (χ0v) is 14.5. The highest BCUT2D eigenvalue weighted by Gasteiger charge is 2.13. The van der Waals surface area contributed by atoms with Crippen molar-refractivity contribution < 1.29 is 9.21 Å². The number of benzene rings is 1. The van der Waals surface area contributed by atoms with Crippen molar-refractivity contribution in [2.45, 2.75) is 6.42 Å². The first-order valence-electron chi connectivity index (χ1n) is 7.30. The van der Waals surface area contributed by atoms with Gasteiger partial charge in [-0.3, -0.25) is 10.1 Å². The molecule has 1 amide bonds. The number of furan rings is 1. The Morgan fingerprint density at radius 1 is 1.36 bits per heavy atom. The van der Waals surface area contributed by atoms with E-state index in [1.165, 1.54) is 23.7 Å². The van der Waals surface area contributed by atoms with E-state index in [1.807, 2.05) is 30.3 Å². The quantitative estimate of drug-likeness (QED) is 0.529. The van der Waals surface area contributed by atoms with Gasteiger partial charge in [0.2, 0.25) is 0 Å². The van der Waals surface area contributed by atoms with Gasteiger partial charge in [-0.05, 0) is 29.8 Å². The number of hydrogen-bond acceptors (Lipinski definition) is 5. The highest BCUT2D eigenvalue weighted by molar-refractivity contribution is 7.15. The summed E-state index contributed by atoms with van der Waals surface area (Å²) in [7, 11) is 0. The molecule has 0 unspecified atom stereocenters. The van der Waals surface area contributed by atoms with Crippen LogP contribution in [0.4, 0.5) is 5.13 Å². The number of nitrogens with one attached hydrogen (secondary N) is 1. The number of carbonyl (C=O) groups is 1. The molecule has 0 atom stereocenters. The van der Waals surface area contributed by atoms with Gasteiger partial charge in [0.25, 0.3) is 5.91 Å². The summed E-state index contributed by atoms with van der Waals surface area (Å²) in [5.74, 6) is -0.0828. The molecule has 124 valence electrons. The summed E-state index contributed by atoms with van der Waals surface area (Å²) < 4.78 is 5.12. The fourth-order valence-corrected chi connectivity index (χ4v) is 3.05. The lowest BCUT2D eigenvalue weighted by Gasteiger charge is -1.99. The lowest BCUT2D eigenvalue weighted by molar-refractivity contribution is -0.112. The van der Waals surface area contributed by atoms with Crippen LogP contribution in [0.1, 0.15) is 16.2 Å². The van der Waals surface area contributed by atoms with Crippen molar-refractivity contribution in [1.82, 2.24) is 4.98 Å². The van der Waals surface area contributed by atoms with Gasteiger partial charge < -0.3 is 4.42 Å². The number of amides is 1. The van der Waals surface area contributed by atoms with Gasteiger partial charge in [0.1, 0.15) is 17.4 Å². The van der Waals surface area contributed by atoms with Gasteiger partial charge in [0, 0.05) is 28.6 Å². The van der Waals surface area contributed by atoms with Crippen LogP contribution >= 0.6 is 22.9 Å². The third-order valence-corrected chi connectivity index (χ3v) is 4.43. The van der Waals surface area contributed by atoms with E-state index < -0.39 is 5.91 Å². The molecule has 0 aliphatic heterocycles. The minimum absolute atomic E-state index is 0.0515. The first kappa shape index (κ1) is 17.0. The third kappa shape index (κ3) is 4.57. The van der Waals surface area contributed by atoms with Crippen molar-refractivity contribution in [2.24, 2.45) is 0 Å². The average molecular weight is 370 g/mol. The predicted octanol–water partition coefficient (Wildman–Crippen LogP) is 4.53. The van der Waals surface area contributed by atoms with Crippen LogP contribution in [0.2, 0.25) is 5.02 Å². The van der Waals surface area contributed by atoms with E-state index in [9.17, 15) is 4.79 Å². The second-order valence-electron chi connectivity index (χ2n) is 5.07. The summed E-state index contributed by atoms with van der Waals surface area (Å²) in [6.07, 6.45) is 5.26. The zero-order valence-electron chi connectivity index (χ0n) is 12.9. The van der Waals surface area contributed by atoms with Crippen molar-refractivity contribution in [3.63, 3.8) is 0 Å². The van der Waals surface area contributed by atoms with E-state index in [-0.39, 0.29) is 5.57 Å². The average Bonchev–Trinajstić information content (AvgIpc) is 3.26. The number of thiazole rings is 1. The minimum Gasteiger partial charge on any atom is -0.465 e. The number of anilines is 1. The molecule has 2 aromatic heterocycles. The molecule has 0 fully saturated rings. The molecule has 25 heavy (non-hydrogen) atoms. The number of aromatic nitrogens is 1. The molecule has 5 nitrogen and oxygen atoms in total. The monoisotopic (exact) mass is 369 g/mol. The third-order valence-electron chi connectivity index (χ3n) is 3.26. The van der Waals surface area contributed by atoms with Gasteiger partial charge in [0.05, 0.1) is 6.26 Å². The van der Waals surface area contributed by atoms with E-state index in [0.29, 0.717) is 22.3 Å². The summed E-state index contributed by atoms with van der Waals surface area (Å²) in [6.45, 7) is 0. The largest absolute Gasteiger partial charge is 0.465 e. The van der Waals surface area contributed by atoms with Crippen LogP contribution < -0.4 is 5.32 Å². The standard InChI is InChI=1S/C18H12ClN3O2S/c19-14-5-3-12(4-6-14)8-16-11-21-18(25-16)22-17(23)13(10-20)9-15-2-1-7-24-15/h1-7,9,11H,8H2,(H,21,22,23). The number of rotatable bonds is 5. The summed E-state index contributed by atoms with van der Waals surface area (Å²) in [5, 5.41) is 12.9. The van der Waals surface area contributed by atoms with E-state index in [2.05, 4.69) is 10.3 Å². The predicted molar refractivity (Wildman–Crippen MR) is 97.3 cm³/mol. The van der Waals surface area contributed by atoms with Crippen LogP contribution in [0.15, 0.2) is 58.8 Å². The first-order valence-corrected chi connectivity index (χ1v) is 8.49. The molecule has 3 aromatic rings. The summed E-state index contributed by atoms with van der Waals surface area (Å²) in [6, 6.07) is 12.8. The zero-order chi connectivity index (χ0) is 17.6. The molecule has 0 radical (unpaired) electrons. The molecular formula is C18H12ClN3O2S. The van der Waals surface area contributed by atoms with E-state index in [1.54, 1.807) is 18.3 Å². The Labute approximate surface area is 153 Å². The van der Waals surface area contributed by atoms with Gasteiger partial charge in [-0.15, -0.1) is 11.3 Å². The molecule has 0 aliphatic rings. The van der Waals surface area contributed by atoms with Crippen molar-refractivity contribution in [2.75, 3.05) is 5.32 Å². The molecule has 0 saturated carbocycles. The fourth-order valence-electron chi connectivity index (χ4n) is 2.08. The lowest BCUT2D eigenvalue weighted by atomic mass is 10.1. The maximum atomic E-state index is 12.2. The van der Waals surface area contributed by atoms with Crippen molar-refractivity contribution >= 4 is 40.1 Å². The second kappa shape index (κ2) is 7.79. The van der Waals surface area contributed by atoms with Crippen LogP contribution in [0.25, 0.3) is 6.08 Å². The number of nitriles is 1. The van der Waals surface area contributed by atoms with E-state index in [0.717, 1.165) is 10.4 Å². The Morgan fingerprint density at radius 2 is 2.16 bits per heavy atom. The highest BCUT2D eigenvalue weighted by atomic mass is 35.5. The highest BCUT2D eigenvalue weighted by Crippen LogP contribution is 2.22. The van der Waals surface area contributed by atoms with Gasteiger partial charge in [0.15, 0.2) is 5.13 Å². The summed E-state index contributed by atoms with van der Waals surface area (Å²) in [5.41, 5.74) is 1.05. The molecular weight excluding hydrogens is 358 g/mol. The number of carbonyl (C=O) groups excluding carboxylic acids is 1. The molecule has 1 N–H and O–H groups in total. The van der Waals surface area contributed by atoms with Crippen LogP contribution in [0, 0.1) is 11.3 Å². The Balaban J connectivity index is 1.67. The van der Waals surface area contributed by atoms with Crippen LogP contribution in [0.5, 0.6) is 0 Å². The van der Waals surface area contributed by atoms with Crippen molar-refractivity contribution in [3.05, 3.63) is 75.7 Å². The Kier molecular flexibility index (Phi) is 5.29. The number of halogens is 1. The molecule has 0 aliphatic carbocycles. The molecule has 2 heterocycles. The maximum Gasteiger partial charge on any atom is 0.268 e. The Bertz CT molecular complexity index is 938. The summed E-state index contributed by atoms with van der Waals surface area (Å²) in [4.78, 5) is 17.4. The summed E-state index contributed by atoms with van der Waals surface area (Å²) >= 11 is 7.23. The Hall–Kier alpha value is -2.88. The van der Waals surface area contributed by atoms with Gasteiger partial charge >= 0.3 is 0 Å². The maximum absolute atomic E-state index is 12.2. The van der Waals surface area contributed by atoms with E-state index in [4.69, 9.17) is 21.3 Å². The molecule has 0 spiro atoms. The minimum atomic E-state index is -0.522. The molecule has 0 saturated heterocycles. The van der Waals surface area contributed by atoms with Gasteiger partial charge in [-0.1, -0.05) is 23.7 Å². The van der Waals surface area contributed by atoms with Crippen LogP contribution in [-0.4, -0.2) is 10.9 Å². The topological polar surface area (TPSA) is 78.9 Å². The van der Waals surface area contributed by atoms with E-state index >= 15 is 0 Å². The smallest absolute Gasteiger partial charge is 0.268 e. The van der Waals surface area contributed by atoms with Crippen LogP contribution in [-0.2, 0) is 11.2 Å². The Morgan fingerprint density at radius 3 is 2.84 bits per heavy atom. The van der Waals surface area contributed by atoms with Crippen molar-refractivity contribution in [3.8, 4) is 6.07 Å². The fraction of sp³-hybridized carbons (Fsp3) is 0.0556. The number of nitrogens with zero attached hydrogens (tertiary/aromatic N) is 2. The normalized spacial score (nSPS) is 11.1. The molecule has 7 heteroatoms. The van der Waals surface area contributed by atoms with Gasteiger partial charge in [-0.2, -0.15) is 5.26 Å². The molecule has 3 rings (SSSR count).